The molecule has 0 atom stereocenters. The summed E-state index contributed by atoms with van der Waals surface area (Å²) in [6.45, 7) is 1.13. The molecule has 3 aromatic rings. The summed E-state index contributed by atoms with van der Waals surface area (Å²) in [5.74, 6) is 0. The minimum atomic E-state index is 0.303. The molecule has 1 N–H and O–H groups in total. The van der Waals surface area contributed by atoms with E-state index in [0.29, 0.717) is 18.7 Å². The fourth-order valence-corrected chi connectivity index (χ4v) is 2.04. The summed E-state index contributed by atoms with van der Waals surface area (Å²) in [6.07, 6.45) is 0. The lowest BCUT2D eigenvalue weighted by atomic mass is 10.2. The van der Waals surface area contributed by atoms with Crippen LogP contribution in [0.5, 0.6) is 0 Å². The Hall–Kier alpha value is -2.69. The predicted molar refractivity (Wildman–Crippen MR) is 75.0 cm³/mol. The van der Waals surface area contributed by atoms with E-state index < -0.39 is 0 Å². The Bertz CT molecular complexity index is 666. The standard InChI is InChI=1S/C15H15N5/c16-15-19(11-13-7-3-1-4-8-13)17-18-20(15)12-14-9-5-2-6-10-14/h1-10,16H,11-12H2. The first-order chi connectivity index (χ1) is 9.83. The highest BCUT2D eigenvalue weighted by Crippen LogP contribution is 2.00. The molecule has 5 nitrogen and oxygen atoms in total. The van der Waals surface area contributed by atoms with Crippen molar-refractivity contribution in [1.82, 2.24) is 19.8 Å². The Morgan fingerprint density at radius 1 is 0.700 bits per heavy atom. The van der Waals surface area contributed by atoms with E-state index in [4.69, 9.17) is 5.41 Å². The SMILES string of the molecule is N=c1n(Cc2ccccc2)nnn1Cc1ccccc1. The van der Waals surface area contributed by atoms with Crippen LogP contribution in [0.2, 0.25) is 0 Å². The van der Waals surface area contributed by atoms with E-state index in [1.54, 1.807) is 9.36 Å². The maximum absolute atomic E-state index is 8.13. The molecule has 0 spiro atoms. The summed E-state index contributed by atoms with van der Waals surface area (Å²) in [5.41, 5.74) is 2.52. The predicted octanol–water partition coefficient (Wildman–Crippen LogP) is 1.66. The third-order valence-corrected chi connectivity index (χ3v) is 3.10. The van der Waals surface area contributed by atoms with Gasteiger partial charge in [0, 0.05) is 0 Å². The summed E-state index contributed by atoms with van der Waals surface area (Å²) in [4.78, 5) is 0. The number of rotatable bonds is 4. The van der Waals surface area contributed by atoms with E-state index in [9.17, 15) is 0 Å². The van der Waals surface area contributed by atoms with Gasteiger partial charge < -0.3 is 0 Å². The molecule has 0 unspecified atom stereocenters. The Morgan fingerprint density at radius 3 is 1.50 bits per heavy atom. The van der Waals surface area contributed by atoms with E-state index in [2.05, 4.69) is 10.4 Å². The van der Waals surface area contributed by atoms with Crippen LogP contribution in [0.15, 0.2) is 60.7 Å². The molecule has 2 aromatic carbocycles. The normalized spacial score (nSPS) is 10.6. The smallest absolute Gasteiger partial charge is 0.239 e. The topological polar surface area (TPSA) is 59.5 Å². The van der Waals surface area contributed by atoms with Crippen LogP contribution >= 0.6 is 0 Å². The lowest BCUT2D eigenvalue weighted by Gasteiger charge is -2.01. The van der Waals surface area contributed by atoms with Crippen molar-refractivity contribution >= 4 is 0 Å². The molecule has 0 saturated heterocycles. The molecule has 0 radical (unpaired) electrons. The highest BCUT2D eigenvalue weighted by molar-refractivity contribution is 5.15. The molecule has 0 fully saturated rings. The van der Waals surface area contributed by atoms with Crippen molar-refractivity contribution < 1.29 is 0 Å². The van der Waals surface area contributed by atoms with Crippen molar-refractivity contribution in [3.8, 4) is 0 Å². The van der Waals surface area contributed by atoms with Crippen LogP contribution < -0.4 is 5.62 Å². The summed E-state index contributed by atoms with van der Waals surface area (Å²) in [5, 5.41) is 16.2. The zero-order valence-electron chi connectivity index (χ0n) is 11.0. The molecule has 0 aliphatic rings. The van der Waals surface area contributed by atoms with Gasteiger partial charge in [-0.1, -0.05) is 60.7 Å². The van der Waals surface area contributed by atoms with Crippen LogP contribution in [0.25, 0.3) is 0 Å². The summed E-state index contributed by atoms with van der Waals surface area (Å²) in [7, 11) is 0. The van der Waals surface area contributed by atoms with Crippen molar-refractivity contribution in [3.05, 3.63) is 77.4 Å². The molecule has 5 heteroatoms. The van der Waals surface area contributed by atoms with Crippen molar-refractivity contribution in [2.24, 2.45) is 0 Å². The highest BCUT2D eigenvalue weighted by atomic mass is 15.6. The average Bonchev–Trinajstić information content (AvgIpc) is 2.83. The van der Waals surface area contributed by atoms with Gasteiger partial charge in [0.05, 0.1) is 13.1 Å². The Labute approximate surface area is 116 Å². The first-order valence-electron chi connectivity index (χ1n) is 6.46. The van der Waals surface area contributed by atoms with Crippen molar-refractivity contribution in [2.45, 2.75) is 13.1 Å². The van der Waals surface area contributed by atoms with Crippen LogP contribution in [0.1, 0.15) is 11.1 Å². The molecular formula is C15H15N5. The average molecular weight is 265 g/mol. The van der Waals surface area contributed by atoms with Gasteiger partial charge in [-0.2, -0.15) is 0 Å². The van der Waals surface area contributed by atoms with Crippen LogP contribution in [-0.2, 0) is 13.1 Å². The number of nitrogens with zero attached hydrogens (tertiary/aromatic N) is 4. The zero-order chi connectivity index (χ0) is 13.8. The van der Waals surface area contributed by atoms with Gasteiger partial charge in [0.2, 0.25) is 5.62 Å². The van der Waals surface area contributed by atoms with Gasteiger partial charge in [-0.05, 0) is 21.6 Å². The first kappa shape index (κ1) is 12.3. The van der Waals surface area contributed by atoms with Crippen LogP contribution in [-0.4, -0.2) is 19.8 Å². The third kappa shape index (κ3) is 2.66. The molecule has 1 aromatic heterocycles. The fourth-order valence-electron chi connectivity index (χ4n) is 2.04. The third-order valence-electron chi connectivity index (χ3n) is 3.10. The summed E-state index contributed by atoms with van der Waals surface area (Å²) in [6, 6.07) is 19.9. The molecule has 0 amide bonds. The largest absolute Gasteiger partial charge is 0.266 e. The van der Waals surface area contributed by atoms with Crippen molar-refractivity contribution in [3.63, 3.8) is 0 Å². The quantitative estimate of drug-likeness (QED) is 0.780. The van der Waals surface area contributed by atoms with E-state index in [1.807, 2.05) is 60.7 Å². The van der Waals surface area contributed by atoms with E-state index in [0.717, 1.165) is 11.1 Å². The van der Waals surface area contributed by atoms with E-state index >= 15 is 0 Å². The van der Waals surface area contributed by atoms with Gasteiger partial charge >= 0.3 is 0 Å². The van der Waals surface area contributed by atoms with Gasteiger partial charge in [-0.15, -0.1) is 0 Å². The number of nitrogens with one attached hydrogen (secondary N) is 1. The molecule has 3 rings (SSSR count). The second-order valence-electron chi connectivity index (χ2n) is 4.59. The minimum Gasteiger partial charge on any atom is -0.266 e. The number of aromatic nitrogens is 4. The number of tetrazole rings is 1. The molecule has 20 heavy (non-hydrogen) atoms. The fraction of sp³-hybridized carbons (Fsp3) is 0.133. The van der Waals surface area contributed by atoms with E-state index in [1.165, 1.54) is 0 Å². The summed E-state index contributed by atoms with van der Waals surface area (Å²) >= 11 is 0. The summed E-state index contributed by atoms with van der Waals surface area (Å²) < 4.78 is 3.19. The molecule has 0 bridgehead atoms. The van der Waals surface area contributed by atoms with Gasteiger partial charge in [0.1, 0.15) is 0 Å². The second kappa shape index (κ2) is 5.52. The van der Waals surface area contributed by atoms with Crippen LogP contribution in [0.4, 0.5) is 0 Å². The number of hydrogen-bond acceptors (Lipinski definition) is 3. The number of benzene rings is 2. The van der Waals surface area contributed by atoms with Crippen LogP contribution in [0, 0.1) is 5.41 Å². The molecule has 0 saturated carbocycles. The van der Waals surface area contributed by atoms with E-state index in [-0.39, 0.29) is 0 Å². The van der Waals surface area contributed by atoms with Crippen LogP contribution in [0.3, 0.4) is 0 Å². The van der Waals surface area contributed by atoms with Crippen molar-refractivity contribution in [2.75, 3.05) is 0 Å². The molecule has 0 aliphatic carbocycles. The van der Waals surface area contributed by atoms with Gasteiger partial charge in [-0.3, -0.25) is 5.41 Å². The second-order valence-corrected chi connectivity index (χ2v) is 4.59. The maximum Gasteiger partial charge on any atom is 0.239 e. The molecule has 0 aliphatic heterocycles. The lowest BCUT2D eigenvalue weighted by Crippen LogP contribution is -2.26. The molecular weight excluding hydrogens is 250 g/mol. The number of hydrogen-bond donors (Lipinski definition) is 1. The Balaban J connectivity index is 1.81. The monoisotopic (exact) mass is 265 g/mol. The van der Waals surface area contributed by atoms with Crippen molar-refractivity contribution in [1.29, 1.82) is 5.41 Å². The lowest BCUT2D eigenvalue weighted by molar-refractivity contribution is 0.606. The minimum absolute atomic E-state index is 0.303. The molecule has 100 valence electrons. The Morgan fingerprint density at radius 2 is 1.10 bits per heavy atom. The Kier molecular flexibility index (Phi) is 3.41. The first-order valence-corrected chi connectivity index (χ1v) is 6.46. The molecule has 1 heterocycles. The van der Waals surface area contributed by atoms with Gasteiger partial charge in [-0.25, -0.2) is 9.36 Å². The maximum atomic E-state index is 8.13. The van der Waals surface area contributed by atoms with Gasteiger partial charge in [0.25, 0.3) is 0 Å². The zero-order valence-corrected chi connectivity index (χ0v) is 11.0. The van der Waals surface area contributed by atoms with Gasteiger partial charge in [0.15, 0.2) is 0 Å². The highest BCUT2D eigenvalue weighted by Gasteiger charge is 2.04.